The number of benzene rings is 2. The van der Waals surface area contributed by atoms with Gasteiger partial charge in [-0.1, -0.05) is 6.07 Å². The zero-order chi connectivity index (χ0) is 21.5. The molecule has 8 nitrogen and oxygen atoms in total. The summed E-state index contributed by atoms with van der Waals surface area (Å²) >= 11 is 1.11. The molecule has 0 amide bonds. The van der Waals surface area contributed by atoms with Gasteiger partial charge in [0.15, 0.2) is 5.56 Å². The van der Waals surface area contributed by atoms with E-state index in [9.17, 15) is 4.79 Å². The lowest BCUT2D eigenvalue weighted by Gasteiger charge is -2.12. The highest BCUT2D eigenvalue weighted by Gasteiger charge is 2.24. The van der Waals surface area contributed by atoms with Crippen LogP contribution in [0.3, 0.4) is 0 Å². The minimum absolute atomic E-state index is 0.157. The highest BCUT2D eigenvalue weighted by molar-refractivity contribution is 7.10. The molecule has 1 aromatic heterocycles. The van der Waals surface area contributed by atoms with Crippen molar-refractivity contribution in [3.05, 3.63) is 53.6 Å². The Morgan fingerprint density at radius 3 is 2.40 bits per heavy atom. The van der Waals surface area contributed by atoms with Crippen LogP contribution in [-0.2, 0) is 11.3 Å². The highest BCUT2D eigenvalue weighted by Crippen LogP contribution is 2.36. The Labute approximate surface area is 178 Å². The molecule has 0 unspecified atom stereocenters. The molecule has 9 heteroatoms. The Balaban J connectivity index is 1.84. The largest absolute Gasteiger partial charge is 0.497 e. The number of anilines is 1. The third-order valence-corrected chi connectivity index (χ3v) is 5.03. The molecule has 0 atom stereocenters. The van der Waals surface area contributed by atoms with Gasteiger partial charge in [0, 0.05) is 24.2 Å². The molecule has 1 N–H and O–H groups in total. The summed E-state index contributed by atoms with van der Waals surface area (Å²) in [5.41, 5.74) is 1.11. The predicted molar refractivity (Wildman–Crippen MR) is 113 cm³/mol. The van der Waals surface area contributed by atoms with Crippen molar-refractivity contribution in [2.45, 2.75) is 6.54 Å². The predicted octanol–water partition coefficient (Wildman–Crippen LogP) is 4.36. The highest BCUT2D eigenvalue weighted by atomic mass is 32.1. The maximum Gasteiger partial charge on any atom is 0.346 e. The maximum absolute atomic E-state index is 12.4. The summed E-state index contributed by atoms with van der Waals surface area (Å²) in [6.45, 7) is 0.401. The van der Waals surface area contributed by atoms with Crippen LogP contribution in [0.5, 0.6) is 28.9 Å². The van der Waals surface area contributed by atoms with Gasteiger partial charge < -0.3 is 29.0 Å². The standard InChI is InChI=1S/C21H22N2O6S/c1-25-14-6-5-7-16(10-14)29-19-18(21(24)28-4)20(30-23-19)22-12-13-8-9-15(26-2)11-17(13)27-3/h5-11,22H,12H2,1-4H3. The smallest absolute Gasteiger partial charge is 0.346 e. The Hall–Kier alpha value is -3.46. The van der Waals surface area contributed by atoms with Crippen molar-refractivity contribution < 1.29 is 28.5 Å². The molecule has 0 bridgehead atoms. The van der Waals surface area contributed by atoms with Crippen LogP contribution >= 0.6 is 11.5 Å². The van der Waals surface area contributed by atoms with Crippen LogP contribution in [-0.4, -0.2) is 38.8 Å². The van der Waals surface area contributed by atoms with Crippen molar-refractivity contribution in [3.8, 4) is 28.9 Å². The summed E-state index contributed by atoms with van der Waals surface area (Å²) in [6, 6.07) is 12.6. The molecule has 0 saturated heterocycles. The van der Waals surface area contributed by atoms with Gasteiger partial charge in [-0.3, -0.25) is 0 Å². The number of aromatic nitrogens is 1. The van der Waals surface area contributed by atoms with Gasteiger partial charge in [-0.15, -0.1) is 0 Å². The summed E-state index contributed by atoms with van der Waals surface area (Å²) in [6.07, 6.45) is 0. The molecule has 158 valence electrons. The molecule has 3 aromatic rings. The summed E-state index contributed by atoms with van der Waals surface area (Å²) in [5, 5.41) is 3.74. The van der Waals surface area contributed by atoms with Crippen LogP contribution in [0.15, 0.2) is 42.5 Å². The van der Waals surface area contributed by atoms with E-state index in [-0.39, 0.29) is 11.4 Å². The molecule has 0 aliphatic heterocycles. The van der Waals surface area contributed by atoms with Crippen LogP contribution in [0.1, 0.15) is 15.9 Å². The van der Waals surface area contributed by atoms with E-state index in [1.165, 1.54) is 7.11 Å². The topological polar surface area (TPSA) is 88.1 Å². The number of methoxy groups -OCH3 is 4. The summed E-state index contributed by atoms with van der Waals surface area (Å²) < 4.78 is 30.9. The van der Waals surface area contributed by atoms with Gasteiger partial charge in [0.05, 0.1) is 28.4 Å². The second kappa shape index (κ2) is 9.84. The Bertz CT molecular complexity index is 1020. The van der Waals surface area contributed by atoms with Crippen LogP contribution in [0.2, 0.25) is 0 Å². The van der Waals surface area contributed by atoms with Gasteiger partial charge in [-0.05, 0) is 35.8 Å². The van der Waals surface area contributed by atoms with Crippen molar-refractivity contribution >= 4 is 22.5 Å². The number of nitrogens with zero attached hydrogens (tertiary/aromatic N) is 1. The quantitative estimate of drug-likeness (QED) is 0.501. The van der Waals surface area contributed by atoms with E-state index >= 15 is 0 Å². The lowest BCUT2D eigenvalue weighted by molar-refractivity contribution is 0.0599. The third-order valence-electron chi connectivity index (χ3n) is 4.24. The van der Waals surface area contributed by atoms with Gasteiger partial charge in [-0.25, -0.2) is 4.79 Å². The molecule has 0 saturated carbocycles. The number of esters is 1. The first-order valence-corrected chi connectivity index (χ1v) is 9.71. The maximum atomic E-state index is 12.4. The first-order chi connectivity index (χ1) is 14.6. The molecule has 0 fully saturated rings. The SMILES string of the molecule is COC(=O)c1c(Oc2cccc(OC)c2)nsc1NCc1ccc(OC)cc1OC. The van der Waals surface area contributed by atoms with Gasteiger partial charge in [0.1, 0.15) is 28.0 Å². The van der Waals surface area contributed by atoms with Crippen molar-refractivity contribution in [1.82, 2.24) is 4.37 Å². The van der Waals surface area contributed by atoms with Gasteiger partial charge >= 0.3 is 5.97 Å². The lowest BCUT2D eigenvalue weighted by Crippen LogP contribution is -2.08. The van der Waals surface area contributed by atoms with E-state index in [0.29, 0.717) is 34.5 Å². The third kappa shape index (κ3) is 4.74. The number of carbonyl (C=O) groups excluding carboxylic acids is 1. The molecule has 2 aromatic carbocycles. The molecule has 0 aliphatic carbocycles. The van der Waals surface area contributed by atoms with Gasteiger partial charge in [0.25, 0.3) is 0 Å². The zero-order valence-corrected chi connectivity index (χ0v) is 17.9. The zero-order valence-electron chi connectivity index (χ0n) is 17.1. The number of nitrogens with one attached hydrogen (secondary N) is 1. The number of carbonyl (C=O) groups is 1. The molecule has 1 heterocycles. The van der Waals surface area contributed by atoms with Gasteiger partial charge in [-0.2, -0.15) is 4.37 Å². The molecule has 0 radical (unpaired) electrons. The Morgan fingerprint density at radius 1 is 0.967 bits per heavy atom. The molecule has 0 spiro atoms. The number of ether oxygens (including phenoxy) is 5. The summed E-state index contributed by atoms with van der Waals surface area (Å²) in [4.78, 5) is 12.4. The molecular weight excluding hydrogens is 408 g/mol. The summed E-state index contributed by atoms with van der Waals surface area (Å²) in [7, 11) is 6.06. The van der Waals surface area contributed by atoms with Gasteiger partial charge in [0.2, 0.25) is 5.88 Å². The lowest BCUT2D eigenvalue weighted by atomic mass is 10.2. The second-order valence-electron chi connectivity index (χ2n) is 6.00. The van der Waals surface area contributed by atoms with Crippen LogP contribution in [0.25, 0.3) is 0 Å². The second-order valence-corrected chi connectivity index (χ2v) is 6.77. The number of hydrogen-bond donors (Lipinski definition) is 1. The normalized spacial score (nSPS) is 10.3. The van der Waals surface area contributed by atoms with E-state index in [1.807, 2.05) is 12.1 Å². The fraction of sp³-hybridized carbons (Fsp3) is 0.238. The fourth-order valence-electron chi connectivity index (χ4n) is 2.70. The van der Waals surface area contributed by atoms with Crippen molar-refractivity contribution in [3.63, 3.8) is 0 Å². The summed E-state index contributed by atoms with van der Waals surface area (Å²) in [5.74, 6) is 2.09. The van der Waals surface area contributed by atoms with Crippen LogP contribution in [0, 0.1) is 0 Å². The molecule has 0 aliphatic rings. The van der Waals surface area contributed by atoms with E-state index in [1.54, 1.807) is 51.7 Å². The Morgan fingerprint density at radius 2 is 1.70 bits per heavy atom. The Kier molecular flexibility index (Phi) is 6.97. The average molecular weight is 430 g/mol. The van der Waals surface area contributed by atoms with Crippen molar-refractivity contribution in [1.29, 1.82) is 0 Å². The van der Waals surface area contributed by atoms with Crippen molar-refractivity contribution in [2.75, 3.05) is 33.8 Å². The molecule has 30 heavy (non-hydrogen) atoms. The van der Waals surface area contributed by atoms with E-state index in [0.717, 1.165) is 17.1 Å². The fourth-order valence-corrected chi connectivity index (χ4v) is 3.40. The van der Waals surface area contributed by atoms with Crippen LogP contribution < -0.4 is 24.3 Å². The van der Waals surface area contributed by atoms with E-state index < -0.39 is 5.97 Å². The minimum Gasteiger partial charge on any atom is -0.497 e. The van der Waals surface area contributed by atoms with E-state index in [2.05, 4.69) is 9.69 Å². The molecular formula is C21H22N2O6S. The van der Waals surface area contributed by atoms with E-state index in [4.69, 9.17) is 23.7 Å². The number of hydrogen-bond acceptors (Lipinski definition) is 9. The average Bonchev–Trinajstić information content (AvgIpc) is 3.19. The van der Waals surface area contributed by atoms with Crippen molar-refractivity contribution in [2.24, 2.45) is 0 Å². The minimum atomic E-state index is -0.550. The first kappa shape index (κ1) is 21.3. The van der Waals surface area contributed by atoms with Crippen LogP contribution in [0.4, 0.5) is 5.00 Å². The molecule has 3 rings (SSSR count). The number of rotatable bonds is 9. The monoisotopic (exact) mass is 430 g/mol. The first-order valence-electron chi connectivity index (χ1n) is 8.94.